The minimum atomic E-state index is 0.000154. The summed E-state index contributed by atoms with van der Waals surface area (Å²) in [5.41, 5.74) is 1.86. The fraction of sp³-hybridized carbons (Fsp3) is 0.533. The molecule has 0 unspecified atom stereocenters. The van der Waals surface area contributed by atoms with E-state index < -0.39 is 0 Å². The number of aryl methyl sites for hydroxylation is 1. The molecule has 2 rings (SSSR count). The lowest BCUT2D eigenvalue weighted by molar-refractivity contribution is 0.186. The van der Waals surface area contributed by atoms with Gasteiger partial charge >= 0.3 is 6.03 Å². The van der Waals surface area contributed by atoms with Crippen molar-refractivity contribution in [3.05, 3.63) is 23.8 Å². The molecule has 4 heteroatoms. The number of carbonyl (C=O) groups is 1. The third kappa shape index (κ3) is 3.40. The maximum atomic E-state index is 12.2. The Morgan fingerprint density at radius 2 is 2.05 bits per heavy atom. The average Bonchev–Trinajstić information content (AvgIpc) is 2.41. The molecular formula is C15H22N2O2. The van der Waals surface area contributed by atoms with E-state index in [9.17, 15) is 4.79 Å². The van der Waals surface area contributed by atoms with E-state index in [1.54, 1.807) is 7.11 Å². The van der Waals surface area contributed by atoms with Crippen LogP contribution in [0.5, 0.6) is 5.75 Å². The monoisotopic (exact) mass is 262 g/mol. The van der Waals surface area contributed by atoms with Crippen molar-refractivity contribution in [2.24, 2.45) is 5.92 Å². The lowest BCUT2D eigenvalue weighted by Gasteiger charge is -2.30. The summed E-state index contributed by atoms with van der Waals surface area (Å²) in [5.74, 6) is 1.54. The molecule has 0 aromatic heterocycles. The van der Waals surface area contributed by atoms with Crippen LogP contribution in [0.15, 0.2) is 18.2 Å². The molecule has 0 spiro atoms. The number of nitrogens with one attached hydrogen (secondary N) is 1. The van der Waals surface area contributed by atoms with Gasteiger partial charge in [0.15, 0.2) is 0 Å². The summed E-state index contributed by atoms with van der Waals surface area (Å²) < 4.78 is 5.16. The van der Waals surface area contributed by atoms with E-state index in [2.05, 4.69) is 12.2 Å². The standard InChI is InChI=1S/C15H22N2O2/c1-11-6-8-17(9-7-11)15(18)16-14-5-4-13(19-3)10-12(14)2/h4-5,10-11H,6-9H2,1-3H3,(H,16,18). The van der Waals surface area contributed by atoms with Crippen LogP contribution in [-0.4, -0.2) is 31.1 Å². The third-order valence-electron chi connectivity index (χ3n) is 3.75. The molecule has 0 bridgehead atoms. The molecule has 19 heavy (non-hydrogen) atoms. The lowest BCUT2D eigenvalue weighted by Crippen LogP contribution is -2.40. The van der Waals surface area contributed by atoms with E-state index in [4.69, 9.17) is 4.74 Å². The summed E-state index contributed by atoms with van der Waals surface area (Å²) in [6, 6.07) is 5.67. The minimum absolute atomic E-state index is 0.000154. The normalized spacial score (nSPS) is 16.3. The van der Waals surface area contributed by atoms with Crippen molar-refractivity contribution >= 4 is 11.7 Å². The van der Waals surface area contributed by atoms with Gasteiger partial charge in [-0.3, -0.25) is 0 Å². The molecule has 1 heterocycles. The highest BCUT2D eigenvalue weighted by atomic mass is 16.5. The van der Waals surface area contributed by atoms with Crippen LogP contribution in [-0.2, 0) is 0 Å². The lowest BCUT2D eigenvalue weighted by atomic mass is 10.00. The molecule has 1 saturated heterocycles. The summed E-state index contributed by atoms with van der Waals surface area (Å²) in [4.78, 5) is 14.1. The maximum Gasteiger partial charge on any atom is 0.321 e. The Bertz CT molecular complexity index is 451. The summed E-state index contributed by atoms with van der Waals surface area (Å²) >= 11 is 0. The molecule has 4 nitrogen and oxygen atoms in total. The van der Waals surface area contributed by atoms with Gasteiger partial charge in [-0.2, -0.15) is 0 Å². The highest BCUT2D eigenvalue weighted by molar-refractivity contribution is 5.90. The molecule has 0 saturated carbocycles. The van der Waals surface area contributed by atoms with E-state index in [0.717, 1.165) is 48.8 Å². The van der Waals surface area contributed by atoms with Crippen LogP contribution in [0.3, 0.4) is 0 Å². The predicted molar refractivity (Wildman–Crippen MR) is 76.7 cm³/mol. The van der Waals surface area contributed by atoms with Crippen molar-refractivity contribution in [2.45, 2.75) is 26.7 Å². The Balaban J connectivity index is 1.99. The number of carbonyl (C=O) groups excluding carboxylic acids is 1. The molecule has 0 atom stereocenters. The van der Waals surface area contributed by atoms with Crippen molar-refractivity contribution in [2.75, 3.05) is 25.5 Å². The summed E-state index contributed by atoms with van der Waals surface area (Å²) in [6.45, 7) is 5.91. The van der Waals surface area contributed by atoms with Crippen LogP contribution in [0.1, 0.15) is 25.3 Å². The average molecular weight is 262 g/mol. The highest BCUT2D eigenvalue weighted by Gasteiger charge is 2.20. The fourth-order valence-corrected chi connectivity index (χ4v) is 2.31. The van der Waals surface area contributed by atoms with E-state index in [1.165, 1.54) is 0 Å². The number of hydrogen-bond acceptors (Lipinski definition) is 2. The first-order valence-corrected chi connectivity index (χ1v) is 6.80. The molecule has 1 fully saturated rings. The largest absolute Gasteiger partial charge is 0.497 e. The molecule has 0 aliphatic carbocycles. The number of benzene rings is 1. The van der Waals surface area contributed by atoms with Gasteiger partial charge in [-0.05, 0) is 49.4 Å². The predicted octanol–water partition coefficient (Wildman–Crippen LogP) is 3.27. The Labute approximate surface area is 114 Å². The Hall–Kier alpha value is -1.71. The summed E-state index contributed by atoms with van der Waals surface area (Å²) in [5, 5.41) is 2.98. The second-order valence-corrected chi connectivity index (χ2v) is 5.28. The van der Waals surface area contributed by atoms with Crippen LogP contribution >= 0.6 is 0 Å². The summed E-state index contributed by atoms with van der Waals surface area (Å²) in [6.07, 6.45) is 2.18. The number of urea groups is 1. The van der Waals surface area contributed by atoms with E-state index in [-0.39, 0.29) is 6.03 Å². The molecule has 1 N–H and O–H groups in total. The molecule has 1 aliphatic heterocycles. The molecule has 104 valence electrons. The smallest absolute Gasteiger partial charge is 0.321 e. The fourth-order valence-electron chi connectivity index (χ4n) is 2.31. The van der Waals surface area contributed by atoms with Crippen molar-refractivity contribution < 1.29 is 9.53 Å². The van der Waals surface area contributed by atoms with Gasteiger partial charge in [-0.15, -0.1) is 0 Å². The SMILES string of the molecule is COc1ccc(NC(=O)N2CCC(C)CC2)c(C)c1. The first-order chi connectivity index (χ1) is 9.10. The van der Waals surface area contributed by atoms with Gasteiger partial charge in [0.05, 0.1) is 7.11 Å². The first-order valence-electron chi connectivity index (χ1n) is 6.80. The van der Waals surface area contributed by atoms with Gasteiger partial charge in [0.1, 0.15) is 5.75 Å². The second-order valence-electron chi connectivity index (χ2n) is 5.28. The van der Waals surface area contributed by atoms with Gasteiger partial charge in [-0.1, -0.05) is 6.92 Å². The number of hydrogen-bond donors (Lipinski definition) is 1. The molecule has 2 amide bonds. The first kappa shape index (κ1) is 13.7. The number of ether oxygens (including phenoxy) is 1. The van der Waals surface area contributed by atoms with Crippen LogP contribution < -0.4 is 10.1 Å². The minimum Gasteiger partial charge on any atom is -0.497 e. The maximum absolute atomic E-state index is 12.2. The van der Waals surface area contributed by atoms with Gasteiger partial charge in [0.2, 0.25) is 0 Å². The van der Waals surface area contributed by atoms with Crippen LogP contribution in [0.2, 0.25) is 0 Å². The number of anilines is 1. The highest BCUT2D eigenvalue weighted by Crippen LogP contribution is 2.22. The van der Waals surface area contributed by atoms with Crippen LogP contribution in [0.4, 0.5) is 10.5 Å². The number of amides is 2. The Kier molecular flexibility index (Phi) is 4.30. The van der Waals surface area contributed by atoms with Gasteiger partial charge in [-0.25, -0.2) is 4.79 Å². The van der Waals surface area contributed by atoms with Gasteiger partial charge < -0.3 is 15.0 Å². The molecule has 1 aliphatic rings. The molecule has 0 radical (unpaired) electrons. The quantitative estimate of drug-likeness (QED) is 0.888. The molecule has 1 aromatic carbocycles. The second kappa shape index (κ2) is 5.95. The zero-order valence-corrected chi connectivity index (χ0v) is 11.9. The van der Waals surface area contributed by atoms with Gasteiger partial charge in [0, 0.05) is 18.8 Å². The molecular weight excluding hydrogens is 240 g/mol. The van der Waals surface area contributed by atoms with E-state index in [1.807, 2.05) is 30.0 Å². The third-order valence-corrected chi connectivity index (χ3v) is 3.75. The van der Waals surface area contributed by atoms with Crippen molar-refractivity contribution in [1.82, 2.24) is 4.90 Å². The molecule has 1 aromatic rings. The number of piperidine rings is 1. The Morgan fingerprint density at radius 1 is 1.37 bits per heavy atom. The number of likely N-dealkylation sites (tertiary alicyclic amines) is 1. The van der Waals surface area contributed by atoms with Crippen molar-refractivity contribution in [3.63, 3.8) is 0 Å². The van der Waals surface area contributed by atoms with E-state index in [0.29, 0.717) is 0 Å². The van der Waals surface area contributed by atoms with Crippen molar-refractivity contribution in [3.8, 4) is 5.75 Å². The van der Waals surface area contributed by atoms with E-state index >= 15 is 0 Å². The Morgan fingerprint density at radius 3 is 2.63 bits per heavy atom. The van der Waals surface area contributed by atoms with Crippen molar-refractivity contribution in [1.29, 1.82) is 0 Å². The number of nitrogens with zero attached hydrogens (tertiary/aromatic N) is 1. The topological polar surface area (TPSA) is 41.6 Å². The zero-order valence-electron chi connectivity index (χ0n) is 11.9. The summed E-state index contributed by atoms with van der Waals surface area (Å²) in [7, 11) is 1.64. The zero-order chi connectivity index (χ0) is 13.8. The van der Waals surface area contributed by atoms with Gasteiger partial charge in [0.25, 0.3) is 0 Å². The van der Waals surface area contributed by atoms with Crippen LogP contribution in [0, 0.1) is 12.8 Å². The van der Waals surface area contributed by atoms with Crippen LogP contribution in [0.25, 0.3) is 0 Å². The number of methoxy groups -OCH3 is 1. The number of rotatable bonds is 2.